The number of benzene rings is 2. The van der Waals surface area contributed by atoms with Crippen molar-refractivity contribution in [2.24, 2.45) is 0 Å². The molecule has 0 saturated carbocycles. The summed E-state index contributed by atoms with van der Waals surface area (Å²) in [6.45, 7) is 2.29. The summed E-state index contributed by atoms with van der Waals surface area (Å²) in [5, 5.41) is 0. The van der Waals surface area contributed by atoms with Crippen LogP contribution < -0.4 is 0 Å². The molecular weight excluding hydrogens is 268 g/mol. The average molecular weight is 289 g/mol. The molecule has 0 saturated heterocycles. The minimum absolute atomic E-state index is 0.589. The Labute approximate surface area is 122 Å². The molecule has 2 atom stereocenters. The number of hydrogen-bond acceptors (Lipinski definition) is 0. The molecule has 0 nitrogen and oxygen atoms in total. The van der Waals surface area contributed by atoms with Crippen molar-refractivity contribution in [2.75, 3.05) is 0 Å². The molecule has 0 aliphatic rings. The van der Waals surface area contributed by atoms with E-state index in [4.69, 9.17) is 11.1 Å². The van der Waals surface area contributed by atoms with Crippen molar-refractivity contribution in [3.63, 3.8) is 0 Å². The van der Waals surface area contributed by atoms with Gasteiger partial charge in [0.1, 0.15) is 8.11 Å². The van der Waals surface area contributed by atoms with Gasteiger partial charge in [-0.2, -0.15) is 11.1 Å². The molecular formula is C17H21ClSi. The third kappa shape index (κ3) is 4.85. The van der Waals surface area contributed by atoms with Gasteiger partial charge in [0.15, 0.2) is 0 Å². The highest BCUT2D eigenvalue weighted by molar-refractivity contribution is 7.07. The molecule has 0 spiro atoms. The Kier molecular flexibility index (Phi) is 5.68. The SMILES string of the molecule is CC(C[SiH](Cl)CCc1ccccc1)c1ccccc1. The van der Waals surface area contributed by atoms with E-state index in [1.807, 2.05) is 0 Å². The predicted octanol–water partition coefficient (Wildman–Crippen LogP) is 5.00. The van der Waals surface area contributed by atoms with Gasteiger partial charge in [-0.25, -0.2) is 0 Å². The topological polar surface area (TPSA) is 0 Å². The number of hydrogen-bond donors (Lipinski definition) is 0. The van der Waals surface area contributed by atoms with Gasteiger partial charge in [-0.15, -0.1) is 0 Å². The second-order valence-corrected chi connectivity index (χ2v) is 9.26. The Hall–Kier alpha value is -1.05. The van der Waals surface area contributed by atoms with E-state index in [0.29, 0.717) is 5.92 Å². The lowest BCUT2D eigenvalue weighted by atomic mass is 10.0. The Morgan fingerprint density at radius 1 is 0.947 bits per heavy atom. The normalized spacial score (nSPS) is 14.0. The maximum Gasteiger partial charge on any atom is 0.141 e. The van der Waals surface area contributed by atoms with Crippen LogP contribution in [0.3, 0.4) is 0 Å². The van der Waals surface area contributed by atoms with E-state index in [9.17, 15) is 0 Å². The van der Waals surface area contributed by atoms with Gasteiger partial charge < -0.3 is 0 Å². The number of aryl methyl sites for hydroxylation is 1. The van der Waals surface area contributed by atoms with Crippen molar-refractivity contribution >= 4 is 19.2 Å². The molecule has 0 aromatic heterocycles. The number of rotatable bonds is 6. The molecule has 0 heterocycles. The van der Waals surface area contributed by atoms with Gasteiger partial charge in [0.25, 0.3) is 0 Å². The molecule has 0 fully saturated rings. The molecule has 100 valence electrons. The summed E-state index contributed by atoms with van der Waals surface area (Å²) in [7, 11) is -1.13. The Balaban J connectivity index is 1.80. The fourth-order valence-electron chi connectivity index (χ4n) is 2.39. The zero-order valence-corrected chi connectivity index (χ0v) is 13.3. The largest absolute Gasteiger partial charge is 0.172 e. The summed E-state index contributed by atoms with van der Waals surface area (Å²) >= 11 is 6.61. The first-order valence-electron chi connectivity index (χ1n) is 6.98. The fraction of sp³-hybridized carbons (Fsp3) is 0.294. The standard InChI is InChI=1S/C17H21ClSi/c1-15(17-10-6-3-7-11-17)14-19(18)13-12-16-8-4-2-5-9-16/h2-11,15,19H,12-14H2,1H3. The van der Waals surface area contributed by atoms with Crippen molar-refractivity contribution in [1.82, 2.24) is 0 Å². The quantitative estimate of drug-likeness (QED) is 0.518. The summed E-state index contributed by atoms with van der Waals surface area (Å²) in [5.74, 6) is 0.589. The lowest BCUT2D eigenvalue weighted by Crippen LogP contribution is -2.09. The molecule has 0 radical (unpaired) electrons. The van der Waals surface area contributed by atoms with E-state index < -0.39 is 8.11 Å². The van der Waals surface area contributed by atoms with E-state index in [1.165, 1.54) is 23.2 Å². The van der Waals surface area contributed by atoms with Crippen LogP contribution in [0.25, 0.3) is 0 Å². The number of halogens is 1. The molecule has 0 amide bonds. The second-order valence-electron chi connectivity index (χ2n) is 5.17. The van der Waals surface area contributed by atoms with Crippen LogP contribution in [-0.4, -0.2) is 8.11 Å². The van der Waals surface area contributed by atoms with Crippen molar-refractivity contribution in [2.45, 2.75) is 31.4 Å². The van der Waals surface area contributed by atoms with Gasteiger partial charge in [0.05, 0.1) is 0 Å². The van der Waals surface area contributed by atoms with Crippen LogP contribution in [0, 0.1) is 0 Å². The predicted molar refractivity (Wildman–Crippen MR) is 87.6 cm³/mol. The minimum atomic E-state index is -1.13. The molecule has 0 bridgehead atoms. The summed E-state index contributed by atoms with van der Waals surface area (Å²) in [6, 6.07) is 23.7. The van der Waals surface area contributed by atoms with E-state index in [1.54, 1.807) is 0 Å². The third-order valence-electron chi connectivity index (χ3n) is 3.57. The third-order valence-corrected chi connectivity index (χ3v) is 6.89. The molecule has 2 rings (SSSR count). The van der Waals surface area contributed by atoms with Crippen molar-refractivity contribution in [3.05, 3.63) is 71.8 Å². The highest BCUT2D eigenvalue weighted by atomic mass is 35.6. The van der Waals surface area contributed by atoms with Gasteiger partial charge in [-0.05, 0) is 35.6 Å². The van der Waals surface area contributed by atoms with Crippen molar-refractivity contribution in [3.8, 4) is 0 Å². The maximum atomic E-state index is 6.61. The van der Waals surface area contributed by atoms with E-state index >= 15 is 0 Å². The van der Waals surface area contributed by atoms with Crippen LogP contribution in [-0.2, 0) is 6.42 Å². The zero-order chi connectivity index (χ0) is 13.5. The van der Waals surface area contributed by atoms with Gasteiger partial charge in [0, 0.05) is 0 Å². The molecule has 2 heteroatoms. The lowest BCUT2D eigenvalue weighted by Gasteiger charge is -2.15. The Morgan fingerprint density at radius 3 is 2.16 bits per heavy atom. The smallest absolute Gasteiger partial charge is 0.141 e. The van der Waals surface area contributed by atoms with Crippen molar-refractivity contribution in [1.29, 1.82) is 0 Å². The van der Waals surface area contributed by atoms with Crippen molar-refractivity contribution < 1.29 is 0 Å². The van der Waals surface area contributed by atoms with E-state index in [0.717, 1.165) is 6.42 Å². The van der Waals surface area contributed by atoms with Crippen LogP contribution in [0.1, 0.15) is 24.0 Å². The summed E-state index contributed by atoms with van der Waals surface area (Å²) in [5.41, 5.74) is 2.83. The van der Waals surface area contributed by atoms with Crippen LogP contribution in [0.4, 0.5) is 0 Å². The molecule has 19 heavy (non-hydrogen) atoms. The van der Waals surface area contributed by atoms with Crippen LogP contribution in [0.2, 0.25) is 12.1 Å². The Bertz CT molecular complexity index is 469. The maximum absolute atomic E-state index is 6.61. The molecule has 0 aliphatic carbocycles. The van der Waals surface area contributed by atoms with E-state index in [-0.39, 0.29) is 0 Å². The first-order valence-corrected chi connectivity index (χ1v) is 10.4. The molecule has 2 aromatic rings. The molecule has 2 aromatic carbocycles. The van der Waals surface area contributed by atoms with Gasteiger partial charge in [-0.3, -0.25) is 0 Å². The highest BCUT2D eigenvalue weighted by Gasteiger charge is 2.13. The lowest BCUT2D eigenvalue weighted by molar-refractivity contribution is 0.851. The molecule has 0 aliphatic heterocycles. The Morgan fingerprint density at radius 2 is 1.53 bits per heavy atom. The summed E-state index contributed by atoms with van der Waals surface area (Å²) < 4.78 is 0. The van der Waals surface area contributed by atoms with Crippen LogP contribution in [0.15, 0.2) is 60.7 Å². The van der Waals surface area contributed by atoms with Gasteiger partial charge in [0.2, 0.25) is 0 Å². The van der Waals surface area contributed by atoms with Gasteiger partial charge in [-0.1, -0.05) is 67.6 Å². The zero-order valence-electron chi connectivity index (χ0n) is 11.4. The van der Waals surface area contributed by atoms with Crippen LogP contribution >= 0.6 is 11.1 Å². The van der Waals surface area contributed by atoms with Crippen LogP contribution in [0.5, 0.6) is 0 Å². The van der Waals surface area contributed by atoms with Gasteiger partial charge >= 0.3 is 0 Å². The molecule has 2 unspecified atom stereocenters. The second kappa shape index (κ2) is 7.52. The highest BCUT2D eigenvalue weighted by Crippen LogP contribution is 2.24. The van der Waals surface area contributed by atoms with E-state index in [2.05, 4.69) is 67.6 Å². The summed E-state index contributed by atoms with van der Waals surface area (Å²) in [6.07, 6.45) is 1.13. The summed E-state index contributed by atoms with van der Waals surface area (Å²) in [4.78, 5) is 0. The first kappa shape index (κ1) is 14.4. The first-order chi connectivity index (χ1) is 9.25. The monoisotopic (exact) mass is 288 g/mol. The minimum Gasteiger partial charge on any atom is -0.172 e. The fourth-order valence-corrected chi connectivity index (χ4v) is 5.44. The molecule has 0 N–H and O–H groups in total. The average Bonchev–Trinajstić information content (AvgIpc) is 2.47.